The summed E-state index contributed by atoms with van der Waals surface area (Å²) < 4.78 is 0. The Bertz CT molecular complexity index is 775. The van der Waals surface area contributed by atoms with Gasteiger partial charge in [0.25, 0.3) is 5.91 Å². The first-order valence-corrected chi connectivity index (χ1v) is 11.1. The second-order valence-corrected chi connectivity index (χ2v) is 7.48. The lowest BCUT2D eigenvalue weighted by Crippen LogP contribution is -2.37. The Morgan fingerprint density at radius 2 is 1.74 bits per heavy atom. The quantitative estimate of drug-likeness (QED) is 0.273. The zero-order valence-electron chi connectivity index (χ0n) is 19.1. The van der Waals surface area contributed by atoms with Crippen molar-refractivity contribution in [1.82, 2.24) is 10.2 Å². The number of hydrogen-bond donors (Lipinski definition) is 1. The van der Waals surface area contributed by atoms with Gasteiger partial charge in [0.1, 0.15) is 6.29 Å². The Labute approximate surface area is 186 Å². The number of allylic oxidation sites excluding steroid dienone is 2. The molecule has 0 aliphatic rings. The molecule has 0 fully saturated rings. The van der Waals surface area contributed by atoms with Crippen LogP contribution < -0.4 is 5.32 Å². The van der Waals surface area contributed by atoms with Crippen LogP contribution in [0.2, 0.25) is 0 Å². The first-order chi connectivity index (χ1) is 15.0. The van der Waals surface area contributed by atoms with E-state index in [2.05, 4.69) is 11.9 Å². The number of amides is 2. The fourth-order valence-electron chi connectivity index (χ4n) is 3.31. The molecule has 2 amide bonds. The summed E-state index contributed by atoms with van der Waals surface area (Å²) in [6.07, 6.45) is 8.82. The van der Waals surface area contributed by atoms with Gasteiger partial charge in [0.05, 0.1) is 6.04 Å². The van der Waals surface area contributed by atoms with Gasteiger partial charge in [-0.25, -0.2) is 0 Å². The summed E-state index contributed by atoms with van der Waals surface area (Å²) >= 11 is 0. The summed E-state index contributed by atoms with van der Waals surface area (Å²) in [6.45, 7) is 11.1. The van der Waals surface area contributed by atoms with Crippen LogP contribution in [0.1, 0.15) is 52.0 Å². The van der Waals surface area contributed by atoms with Crippen molar-refractivity contribution in [2.75, 3.05) is 13.1 Å². The third kappa shape index (κ3) is 9.60. The fraction of sp³-hybridized carbons (Fsp3) is 0.423. The molecule has 1 atom stereocenters. The van der Waals surface area contributed by atoms with Crippen molar-refractivity contribution < 1.29 is 14.4 Å². The monoisotopic (exact) mass is 424 g/mol. The zero-order valence-corrected chi connectivity index (χ0v) is 19.1. The van der Waals surface area contributed by atoms with E-state index in [1.165, 1.54) is 0 Å². The van der Waals surface area contributed by atoms with Crippen LogP contribution in [0.4, 0.5) is 0 Å². The highest BCUT2D eigenvalue weighted by Crippen LogP contribution is 2.15. The molecule has 0 saturated heterocycles. The average molecular weight is 425 g/mol. The van der Waals surface area contributed by atoms with Gasteiger partial charge >= 0.3 is 0 Å². The lowest BCUT2D eigenvalue weighted by Gasteiger charge is -2.22. The van der Waals surface area contributed by atoms with Crippen LogP contribution in [-0.2, 0) is 20.8 Å². The largest absolute Gasteiger partial charge is 0.346 e. The molecule has 0 aliphatic carbocycles. The average Bonchev–Trinajstić information content (AvgIpc) is 2.77. The minimum absolute atomic E-state index is 0.0511. The summed E-state index contributed by atoms with van der Waals surface area (Å²) in [5.41, 5.74) is 2.34. The minimum atomic E-state index is -0.581. The number of nitrogens with one attached hydrogen (secondary N) is 1. The Hall–Kier alpha value is -2.95. The number of hydrogen-bond acceptors (Lipinski definition) is 3. The van der Waals surface area contributed by atoms with Gasteiger partial charge in [-0.05, 0) is 37.3 Å². The Morgan fingerprint density at radius 3 is 2.26 bits per heavy atom. The first kappa shape index (κ1) is 26.1. The summed E-state index contributed by atoms with van der Waals surface area (Å²) in [5, 5.41) is 2.80. The van der Waals surface area contributed by atoms with Crippen LogP contribution in [0.3, 0.4) is 0 Å². The van der Waals surface area contributed by atoms with Crippen LogP contribution in [0.15, 0.2) is 66.3 Å². The van der Waals surface area contributed by atoms with E-state index >= 15 is 0 Å². The number of benzene rings is 1. The Balaban J connectivity index is 2.89. The van der Waals surface area contributed by atoms with Gasteiger partial charge in [0, 0.05) is 25.1 Å². The number of rotatable bonds is 14. The molecule has 0 bridgehead atoms. The van der Waals surface area contributed by atoms with E-state index in [0.29, 0.717) is 31.5 Å². The van der Waals surface area contributed by atoms with E-state index in [1.54, 1.807) is 18.2 Å². The second kappa shape index (κ2) is 14.9. The summed E-state index contributed by atoms with van der Waals surface area (Å²) in [4.78, 5) is 38.9. The first-order valence-electron chi connectivity index (χ1n) is 11.1. The topological polar surface area (TPSA) is 66.5 Å². The van der Waals surface area contributed by atoms with E-state index in [9.17, 15) is 14.4 Å². The summed E-state index contributed by atoms with van der Waals surface area (Å²) in [7, 11) is 0. The molecule has 1 aromatic carbocycles. The fourth-order valence-corrected chi connectivity index (χ4v) is 3.31. The molecular weight excluding hydrogens is 388 g/mol. The van der Waals surface area contributed by atoms with Gasteiger partial charge in [0.15, 0.2) is 0 Å². The molecule has 0 saturated carbocycles. The maximum absolute atomic E-state index is 13.0. The molecule has 0 heterocycles. The van der Waals surface area contributed by atoms with Crippen LogP contribution in [-0.4, -0.2) is 42.1 Å². The molecule has 31 heavy (non-hydrogen) atoms. The molecule has 168 valence electrons. The van der Waals surface area contributed by atoms with Gasteiger partial charge in [0.2, 0.25) is 5.91 Å². The van der Waals surface area contributed by atoms with Crippen molar-refractivity contribution in [3.05, 3.63) is 71.8 Å². The van der Waals surface area contributed by atoms with Crippen molar-refractivity contribution in [3.8, 4) is 0 Å². The highest BCUT2D eigenvalue weighted by Gasteiger charge is 2.17. The minimum Gasteiger partial charge on any atom is -0.346 e. The molecule has 0 aliphatic heterocycles. The second-order valence-electron chi connectivity index (χ2n) is 7.48. The van der Waals surface area contributed by atoms with Crippen molar-refractivity contribution in [2.45, 2.75) is 58.9 Å². The lowest BCUT2D eigenvalue weighted by molar-refractivity contribution is -0.127. The van der Waals surface area contributed by atoms with Crippen LogP contribution in [0.5, 0.6) is 0 Å². The van der Waals surface area contributed by atoms with Crippen molar-refractivity contribution in [2.24, 2.45) is 0 Å². The Morgan fingerprint density at radius 1 is 1.10 bits per heavy atom. The van der Waals surface area contributed by atoms with Gasteiger partial charge in [-0.2, -0.15) is 0 Å². The van der Waals surface area contributed by atoms with Crippen LogP contribution >= 0.6 is 0 Å². The van der Waals surface area contributed by atoms with Crippen molar-refractivity contribution >= 4 is 18.1 Å². The third-order valence-electron chi connectivity index (χ3n) is 4.83. The van der Waals surface area contributed by atoms with Crippen LogP contribution in [0.25, 0.3) is 0 Å². The molecule has 0 spiro atoms. The van der Waals surface area contributed by atoms with Crippen LogP contribution in [0, 0.1) is 0 Å². The molecule has 0 aromatic heterocycles. The molecule has 0 radical (unpaired) electrons. The molecule has 1 N–H and O–H groups in total. The van der Waals surface area contributed by atoms with E-state index in [0.717, 1.165) is 30.3 Å². The number of carbonyl (C=O) groups is 3. The summed E-state index contributed by atoms with van der Waals surface area (Å²) in [6, 6.07) is 8.99. The van der Waals surface area contributed by atoms with Gasteiger partial charge in [-0.1, -0.05) is 75.4 Å². The van der Waals surface area contributed by atoms with E-state index in [4.69, 9.17) is 0 Å². The number of carbonyl (C=O) groups excluding carboxylic acids is 3. The SMILES string of the molecule is C=C/C=C(\C=C(/CC)CC(=O)N[C@H](C=O)Cc1ccccc1)C(=O)N(CCC)CCC. The third-order valence-corrected chi connectivity index (χ3v) is 4.83. The molecule has 5 nitrogen and oxygen atoms in total. The van der Waals surface area contributed by atoms with E-state index in [1.807, 2.05) is 56.0 Å². The van der Waals surface area contributed by atoms with Crippen molar-refractivity contribution in [1.29, 1.82) is 0 Å². The number of nitrogens with zero attached hydrogens (tertiary/aromatic N) is 1. The van der Waals surface area contributed by atoms with E-state index in [-0.39, 0.29) is 18.2 Å². The predicted molar refractivity (Wildman–Crippen MR) is 127 cm³/mol. The van der Waals surface area contributed by atoms with Crippen molar-refractivity contribution in [3.63, 3.8) is 0 Å². The Kier molecular flexibility index (Phi) is 12.6. The normalized spacial score (nSPS) is 12.7. The molecular formula is C26H36N2O3. The highest BCUT2D eigenvalue weighted by molar-refractivity contribution is 5.97. The molecule has 1 aromatic rings. The van der Waals surface area contributed by atoms with E-state index < -0.39 is 6.04 Å². The highest BCUT2D eigenvalue weighted by atomic mass is 16.2. The molecule has 5 heteroatoms. The standard InChI is InChI=1S/C26H36N2O3/c1-5-12-23(26(31)28(15-6-2)16-7-3)17-21(8-4)19-25(30)27-24(20-29)18-22-13-10-9-11-14-22/h5,9-14,17,20,24H,1,6-8,15-16,18-19H2,2-4H3,(H,27,30)/b21-17+,23-12+/t24-/m0/s1. The summed E-state index contributed by atoms with van der Waals surface area (Å²) in [5.74, 6) is -0.282. The zero-order chi connectivity index (χ0) is 23.1. The lowest BCUT2D eigenvalue weighted by atomic mass is 10.0. The maximum atomic E-state index is 13.0. The molecule has 0 unspecified atom stereocenters. The van der Waals surface area contributed by atoms with Gasteiger partial charge < -0.3 is 15.0 Å². The maximum Gasteiger partial charge on any atom is 0.253 e. The smallest absolute Gasteiger partial charge is 0.253 e. The molecule has 1 rings (SSSR count). The van der Waals surface area contributed by atoms with Gasteiger partial charge in [-0.15, -0.1) is 0 Å². The number of aldehydes is 1. The van der Waals surface area contributed by atoms with Gasteiger partial charge in [-0.3, -0.25) is 9.59 Å². The predicted octanol–water partition coefficient (Wildman–Crippen LogP) is 4.40.